The lowest BCUT2D eigenvalue weighted by atomic mass is 10.2. The van der Waals surface area contributed by atoms with Gasteiger partial charge in [0.25, 0.3) is 0 Å². The van der Waals surface area contributed by atoms with Crippen molar-refractivity contribution in [3.8, 4) is 0 Å². The third-order valence-electron chi connectivity index (χ3n) is 2.23. The highest BCUT2D eigenvalue weighted by molar-refractivity contribution is 9.10. The Balaban J connectivity index is 2.23. The molecule has 1 rings (SSSR count). The fraction of sp³-hybridized carbons (Fsp3) is 0.583. The Bertz CT molecular complexity index is 352. The molecule has 90 valence electrons. The lowest BCUT2D eigenvalue weighted by Gasteiger charge is -2.14. The first kappa shape index (κ1) is 13.7. The Morgan fingerprint density at radius 3 is 2.75 bits per heavy atom. The van der Waals surface area contributed by atoms with E-state index in [1.165, 1.54) is 10.4 Å². The molecule has 0 atom stereocenters. The molecular formula is C12H17BrO2S. The van der Waals surface area contributed by atoms with Crippen molar-refractivity contribution in [2.24, 2.45) is 0 Å². The van der Waals surface area contributed by atoms with Crippen LogP contribution in [0, 0.1) is 6.92 Å². The van der Waals surface area contributed by atoms with Crippen LogP contribution in [-0.2, 0) is 16.0 Å². The number of hydrogen-bond acceptors (Lipinski definition) is 3. The highest BCUT2D eigenvalue weighted by atomic mass is 79.9. The maximum atomic E-state index is 11.4. The van der Waals surface area contributed by atoms with Crippen molar-refractivity contribution in [1.82, 2.24) is 0 Å². The molecule has 2 nitrogen and oxygen atoms in total. The summed E-state index contributed by atoms with van der Waals surface area (Å²) in [5.41, 5.74) is 1.33. The van der Waals surface area contributed by atoms with E-state index in [0.29, 0.717) is 6.61 Å². The van der Waals surface area contributed by atoms with E-state index in [-0.39, 0.29) is 5.97 Å². The van der Waals surface area contributed by atoms with E-state index in [4.69, 9.17) is 4.74 Å². The number of carbonyl (C=O) groups is 1. The van der Waals surface area contributed by atoms with Crippen LogP contribution in [0.25, 0.3) is 0 Å². The molecule has 4 heteroatoms. The molecule has 0 aliphatic rings. The lowest BCUT2D eigenvalue weighted by molar-refractivity contribution is -0.145. The van der Waals surface area contributed by atoms with Gasteiger partial charge >= 0.3 is 5.97 Å². The third-order valence-corrected chi connectivity index (χ3v) is 3.64. The third kappa shape index (κ3) is 4.26. The van der Waals surface area contributed by atoms with Gasteiger partial charge in [-0.15, -0.1) is 11.3 Å². The van der Waals surface area contributed by atoms with Crippen LogP contribution in [0.5, 0.6) is 0 Å². The summed E-state index contributed by atoms with van der Waals surface area (Å²) < 4.78 is 4.59. The maximum absolute atomic E-state index is 11.4. The Morgan fingerprint density at radius 2 is 2.25 bits per heavy atom. The van der Waals surface area contributed by atoms with Crippen LogP contribution < -0.4 is 0 Å². The molecule has 16 heavy (non-hydrogen) atoms. The number of thiophene rings is 1. The zero-order valence-corrected chi connectivity index (χ0v) is 12.3. The van der Waals surface area contributed by atoms with Crippen LogP contribution in [0.1, 0.15) is 30.7 Å². The summed E-state index contributed by atoms with van der Waals surface area (Å²) in [6.07, 6.45) is 1.87. The predicted molar refractivity (Wildman–Crippen MR) is 71.3 cm³/mol. The average molecular weight is 305 g/mol. The quantitative estimate of drug-likeness (QED) is 0.471. The summed E-state index contributed by atoms with van der Waals surface area (Å²) in [7, 11) is 0. The Kier molecular flexibility index (Phi) is 4.99. The topological polar surface area (TPSA) is 26.3 Å². The molecule has 0 N–H and O–H groups in total. The van der Waals surface area contributed by atoms with Crippen molar-refractivity contribution < 1.29 is 9.53 Å². The predicted octanol–water partition coefficient (Wildman–Crippen LogP) is 3.71. The minimum absolute atomic E-state index is 0.199. The van der Waals surface area contributed by atoms with Crippen molar-refractivity contribution >= 4 is 33.2 Å². The van der Waals surface area contributed by atoms with Crippen LogP contribution in [0.2, 0.25) is 0 Å². The molecule has 0 aromatic carbocycles. The monoisotopic (exact) mass is 304 g/mol. The zero-order chi connectivity index (χ0) is 12.2. The maximum Gasteiger partial charge on any atom is 0.322 e. The van der Waals surface area contributed by atoms with Gasteiger partial charge in [-0.2, -0.15) is 0 Å². The van der Waals surface area contributed by atoms with Crippen LogP contribution >= 0.6 is 27.3 Å². The molecule has 0 spiro atoms. The zero-order valence-electron chi connectivity index (χ0n) is 9.88. The minimum Gasteiger partial charge on any atom is -0.465 e. The van der Waals surface area contributed by atoms with Crippen molar-refractivity contribution in [2.45, 2.75) is 37.9 Å². The number of ether oxygens (including phenoxy) is 1. The summed E-state index contributed by atoms with van der Waals surface area (Å²) in [6, 6.07) is 2.12. The first-order valence-electron chi connectivity index (χ1n) is 5.30. The summed E-state index contributed by atoms with van der Waals surface area (Å²) in [6.45, 7) is 6.18. The number of aryl methyl sites for hydroxylation is 2. The molecule has 1 aromatic rings. The fourth-order valence-electron chi connectivity index (χ4n) is 1.23. The first-order chi connectivity index (χ1) is 7.41. The van der Waals surface area contributed by atoms with E-state index in [9.17, 15) is 4.79 Å². The number of hydrogen-bond donors (Lipinski definition) is 0. The standard InChI is InChI=1S/C12H17BrO2S/c1-9-6-8-16-10(9)5-4-7-15-11(14)12(2,3)13/h6,8H,4-5,7H2,1-3H3. The van der Waals surface area contributed by atoms with Gasteiger partial charge in [0.2, 0.25) is 0 Å². The molecule has 0 saturated heterocycles. The molecule has 0 aliphatic heterocycles. The summed E-state index contributed by atoms with van der Waals surface area (Å²) in [5.74, 6) is -0.199. The van der Waals surface area contributed by atoms with E-state index in [1.807, 2.05) is 0 Å². The Hall–Kier alpha value is -0.350. The van der Waals surface area contributed by atoms with Crippen LogP contribution in [-0.4, -0.2) is 16.9 Å². The second-order valence-electron chi connectivity index (χ2n) is 4.24. The van der Waals surface area contributed by atoms with Gasteiger partial charge in [-0.3, -0.25) is 4.79 Å². The number of esters is 1. The largest absolute Gasteiger partial charge is 0.465 e. The van der Waals surface area contributed by atoms with Gasteiger partial charge < -0.3 is 4.74 Å². The molecule has 1 aromatic heterocycles. The van der Waals surface area contributed by atoms with Crippen molar-refractivity contribution in [3.63, 3.8) is 0 Å². The van der Waals surface area contributed by atoms with Crippen molar-refractivity contribution in [3.05, 3.63) is 21.9 Å². The van der Waals surface area contributed by atoms with Gasteiger partial charge in [0.15, 0.2) is 0 Å². The smallest absolute Gasteiger partial charge is 0.322 e. The first-order valence-corrected chi connectivity index (χ1v) is 6.97. The average Bonchev–Trinajstić information content (AvgIpc) is 2.57. The van der Waals surface area contributed by atoms with Gasteiger partial charge in [-0.1, -0.05) is 15.9 Å². The fourth-order valence-corrected chi connectivity index (χ4v) is 2.30. The molecule has 0 unspecified atom stereocenters. The molecule has 0 saturated carbocycles. The molecule has 0 amide bonds. The molecule has 1 heterocycles. The van der Waals surface area contributed by atoms with Crippen molar-refractivity contribution in [2.75, 3.05) is 6.61 Å². The second-order valence-corrected chi connectivity index (χ2v) is 7.22. The van der Waals surface area contributed by atoms with Gasteiger partial charge in [-0.25, -0.2) is 0 Å². The van der Waals surface area contributed by atoms with E-state index in [1.54, 1.807) is 25.2 Å². The van der Waals surface area contributed by atoms with Gasteiger partial charge in [0.1, 0.15) is 4.32 Å². The van der Waals surface area contributed by atoms with Crippen molar-refractivity contribution in [1.29, 1.82) is 0 Å². The van der Waals surface area contributed by atoms with Gasteiger partial charge in [-0.05, 0) is 50.6 Å². The minimum atomic E-state index is -0.578. The van der Waals surface area contributed by atoms with Crippen LogP contribution in [0.3, 0.4) is 0 Å². The number of carbonyl (C=O) groups excluding carboxylic acids is 1. The lowest BCUT2D eigenvalue weighted by Crippen LogP contribution is -2.26. The molecule has 0 aliphatic carbocycles. The second kappa shape index (κ2) is 5.82. The normalized spacial score (nSPS) is 11.5. The van der Waals surface area contributed by atoms with Gasteiger partial charge in [0, 0.05) is 4.88 Å². The summed E-state index contributed by atoms with van der Waals surface area (Å²) in [5, 5.41) is 2.10. The highest BCUT2D eigenvalue weighted by Crippen LogP contribution is 2.19. The van der Waals surface area contributed by atoms with E-state index < -0.39 is 4.32 Å². The highest BCUT2D eigenvalue weighted by Gasteiger charge is 2.24. The number of alkyl halides is 1. The SMILES string of the molecule is Cc1ccsc1CCCOC(=O)C(C)(C)Br. The van der Waals surface area contributed by atoms with E-state index in [2.05, 4.69) is 34.3 Å². The molecular weight excluding hydrogens is 288 g/mol. The van der Waals surface area contributed by atoms with Crippen LogP contribution in [0.4, 0.5) is 0 Å². The molecule has 0 fully saturated rings. The molecule has 0 bridgehead atoms. The Morgan fingerprint density at radius 1 is 1.56 bits per heavy atom. The Labute approximate surface area is 109 Å². The summed E-state index contributed by atoms with van der Waals surface area (Å²) in [4.78, 5) is 12.8. The van der Waals surface area contributed by atoms with E-state index >= 15 is 0 Å². The van der Waals surface area contributed by atoms with Gasteiger partial charge in [0.05, 0.1) is 6.61 Å². The number of halogens is 1. The van der Waals surface area contributed by atoms with Crippen LogP contribution in [0.15, 0.2) is 11.4 Å². The molecule has 0 radical (unpaired) electrons. The van der Waals surface area contributed by atoms with E-state index in [0.717, 1.165) is 12.8 Å². The summed E-state index contributed by atoms with van der Waals surface area (Å²) >= 11 is 5.04. The number of rotatable bonds is 5.